The van der Waals surface area contributed by atoms with E-state index in [0.717, 1.165) is 10.5 Å². The minimum Gasteiger partial charge on any atom is -0.497 e. The maximum Gasteiger partial charge on any atom is 0.336 e. The fourth-order valence-corrected chi connectivity index (χ4v) is 3.50. The number of hydrogen-bond acceptors (Lipinski definition) is 6. The average Bonchev–Trinajstić information content (AvgIpc) is 2.87. The molecule has 1 fully saturated rings. The van der Waals surface area contributed by atoms with Gasteiger partial charge in [0.1, 0.15) is 17.1 Å². The van der Waals surface area contributed by atoms with Crippen molar-refractivity contribution in [3.8, 4) is 11.5 Å². The third-order valence-corrected chi connectivity index (χ3v) is 5.38. The van der Waals surface area contributed by atoms with Gasteiger partial charge in [-0.2, -0.15) is 0 Å². The lowest BCUT2D eigenvalue weighted by atomic mass is 10.1. The van der Waals surface area contributed by atoms with E-state index in [2.05, 4.69) is 5.32 Å². The van der Waals surface area contributed by atoms with E-state index in [4.69, 9.17) is 21.1 Å². The van der Waals surface area contributed by atoms with Crippen LogP contribution in [0.3, 0.4) is 0 Å². The molecule has 0 unspecified atom stereocenters. The van der Waals surface area contributed by atoms with Crippen molar-refractivity contribution >= 4 is 53.3 Å². The Kier molecular flexibility index (Phi) is 7.27. The van der Waals surface area contributed by atoms with Crippen LogP contribution in [0.15, 0.2) is 84.4 Å². The Morgan fingerprint density at radius 1 is 0.972 bits per heavy atom. The average molecular weight is 503 g/mol. The molecule has 4 rings (SSSR count). The molecule has 36 heavy (non-hydrogen) atoms. The van der Waals surface area contributed by atoms with Gasteiger partial charge in [-0.3, -0.25) is 14.9 Å². The Bertz CT molecular complexity index is 1410. The minimum atomic E-state index is -0.887. The first-order valence-electron chi connectivity index (χ1n) is 10.7. The lowest BCUT2D eigenvalue weighted by molar-refractivity contribution is -0.129. The smallest absolute Gasteiger partial charge is 0.336 e. The van der Waals surface area contributed by atoms with Crippen molar-refractivity contribution in [3.05, 3.63) is 101 Å². The highest BCUT2D eigenvalue weighted by atomic mass is 35.5. The zero-order chi connectivity index (χ0) is 25.7. The number of benzene rings is 3. The van der Waals surface area contributed by atoms with Gasteiger partial charge in [0, 0.05) is 22.7 Å². The number of rotatable bonds is 6. The predicted molar refractivity (Wildman–Crippen MR) is 135 cm³/mol. The van der Waals surface area contributed by atoms with Crippen LogP contribution < -0.4 is 19.7 Å². The fourth-order valence-electron chi connectivity index (χ4n) is 3.37. The number of nitrogens with one attached hydrogen (secondary N) is 1. The quantitative estimate of drug-likeness (QED) is 0.228. The van der Waals surface area contributed by atoms with Crippen LogP contribution in [0.2, 0.25) is 5.02 Å². The van der Waals surface area contributed by atoms with Gasteiger partial charge in [0.15, 0.2) is 0 Å². The molecular weight excluding hydrogens is 484 g/mol. The van der Waals surface area contributed by atoms with Crippen molar-refractivity contribution in [1.82, 2.24) is 5.32 Å². The summed E-state index contributed by atoms with van der Waals surface area (Å²) >= 11 is 5.86. The first kappa shape index (κ1) is 24.4. The maximum atomic E-state index is 13.2. The molecule has 1 aliphatic rings. The van der Waals surface area contributed by atoms with E-state index in [1.54, 1.807) is 60.7 Å². The summed E-state index contributed by atoms with van der Waals surface area (Å²) in [5.74, 6) is -1.81. The Labute approximate surface area is 211 Å². The van der Waals surface area contributed by atoms with Crippen LogP contribution in [-0.4, -0.2) is 30.9 Å². The topological polar surface area (TPSA) is 102 Å². The second-order valence-electron chi connectivity index (χ2n) is 7.50. The van der Waals surface area contributed by atoms with Gasteiger partial charge in [-0.1, -0.05) is 48.0 Å². The lowest BCUT2D eigenvalue weighted by Crippen LogP contribution is -2.54. The molecule has 0 atom stereocenters. The van der Waals surface area contributed by atoms with Crippen LogP contribution in [0, 0.1) is 0 Å². The monoisotopic (exact) mass is 502 g/mol. The van der Waals surface area contributed by atoms with Crippen molar-refractivity contribution in [1.29, 1.82) is 0 Å². The fraction of sp³-hybridized carbons (Fsp3) is 0.0370. The number of methoxy groups -OCH3 is 1. The Morgan fingerprint density at radius 2 is 1.72 bits per heavy atom. The molecule has 180 valence electrons. The van der Waals surface area contributed by atoms with Gasteiger partial charge in [-0.25, -0.2) is 14.5 Å². The summed E-state index contributed by atoms with van der Waals surface area (Å²) in [6.07, 6.45) is 4.08. The summed E-state index contributed by atoms with van der Waals surface area (Å²) in [7, 11) is 1.45. The number of carbonyl (C=O) groups excluding carboxylic acids is 4. The predicted octanol–water partition coefficient (Wildman–Crippen LogP) is 4.63. The van der Waals surface area contributed by atoms with E-state index in [9.17, 15) is 19.2 Å². The summed E-state index contributed by atoms with van der Waals surface area (Å²) < 4.78 is 10.6. The number of imide groups is 2. The van der Waals surface area contributed by atoms with Crippen LogP contribution in [0.1, 0.15) is 11.1 Å². The van der Waals surface area contributed by atoms with Crippen molar-refractivity contribution in [2.75, 3.05) is 12.0 Å². The highest BCUT2D eigenvalue weighted by Gasteiger charge is 2.37. The summed E-state index contributed by atoms with van der Waals surface area (Å²) in [6.45, 7) is 0. The number of amides is 4. The third kappa shape index (κ3) is 5.51. The van der Waals surface area contributed by atoms with Crippen molar-refractivity contribution in [3.63, 3.8) is 0 Å². The largest absolute Gasteiger partial charge is 0.497 e. The molecule has 9 heteroatoms. The van der Waals surface area contributed by atoms with Gasteiger partial charge in [0.05, 0.1) is 12.8 Å². The third-order valence-electron chi connectivity index (χ3n) is 5.12. The Balaban J connectivity index is 1.60. The maximum absolute atomic E-state index is 13.2. The van der Waals surface area contributed by atoms with E-state index in [-0.39, 0.29) is 17.0 Å². The van der Waals surface area contributed by atoms with E-state index in [1.807, 2.05) is 0 Å². The number of nitrogens with zero attached hydrogens (tertiary/aromatic N) is 1. The molecule has 0 saturated carbocycles. The lowest BCUT2D eigenvalue weighted by Gasteiger charge is -2.26. The number of para-hydroxylation sites is 1. The van der Waals surface area contributed by atoms with Crippen molar-refractivity contribution in [2.45, 2.75) is 0 Å². The standard InChI is InChI=1S/C27H19ClN2O6/c1-35-21-7-4-6-20(16-21)30-26(33)22(25(32)29-27(30)34)15-18-5-2-3-8-23(18)36-24(31)14-11-17-9-12-19(28)13-10-17/h2-16H,1H3,(H,29,32,34)/b14-11+,22-15-. The molecule has 1 heterocycles. The van der Waals surface area contributed by atoms with Crippen LogP contribution >= 0.6 is 11.6 Å². The minimum absolute atomic E-state index is 0.126. The molecule has 1 N–H and O–H groups in total. The first-order valence-corrected chi connectivity index (χ1v) is 11.0. The summed E-state index contributed by atoms with van der Waals surface area (Å²) in [6, 6.07) is 18.7. The number of carbonyl (C=O) groups is 4. The van der Waals surface area contributed by atoms with Gasteiger partial charge >= 0.3 is 12.0 Å². The number of urea groups is 1. The highest BCUT2D eigenvalue weighted by Crippen LogP contribution is 2.27. The summed E-state index contributed by atoms with van der Waals surface area (Å²) in [5.41, 5.74) is 0.961. The van der Waals surface area contributed by atoms with E-state index in [1.165, 1.54) is 37.5 Å². The summed E-state index contributed by atoms with van der Waals surface area (Å²) in [4.78, 5) is 51.4. The molecule has 0 aromatic heterocycles. The van der Waals surface area contributed by atoms with Gasteiger partial charge in [0.2, 0.25) is 0 Å². The zero-order valence-electron chi connectivity index (χ0n) is 18.9. The molecular formula is C27H19ClN2O6. The number of halogens is 1. The second-order valence-corrected chi connectivity index (χ2v) is 7.94. The molecule has 1 saturated heterocycles. The van der Waals surface area contributed by atoms with Crippen molar-refractivity contribution < 1.29 is 28.7 Å². The van der Waals surface area contributed by atoms with Crippen molar-refractivity contribution in [2.24, 2.45) is 0 Å². The Morgan fingerprint density at radius 3 is 2.47 bits per heavy atom. The van der Waals surface area contributed by atoms with Crippen LogP contribution in [0.4, 0.5) is 10.5 Å². The molecule has 0 radical (unpaired) electrons. The number of barbiturate groups is 1. The Hall–Kier alpha value is -4.69. The van der Waals surface area contributed by atoms with Crippen LogP contribution in [0.25, 0.3) is 12.2 Å². The molecule has 4 amide bonds. The zero-order valence-corrected chi connectivity index (χ0v) is 19.7. The molecule has 0 bridgehead atoms. The normalized spacial score (nSPS) is 14.8. The van der Waals surface area contributed by atoms with Gasteiger partial charge in [0.25, 0.3) is 11.8 Å². The van der Waals surface area contributed by atoms with Crippen LogP contribution in [0.5, 0.6) is 11.5 Å². The SMILES string of the molecule is COc1cccc(N2C(=O)NC(=O)/C(=C/c3ccccc3OC(=O)/C=C/c3ccc(Cl)cc3)C2=O)c1. The van der Waals surface area contributed by atoms with E-state index < -0.39 is 23.8 Å². The molecule has 3 aromatic carbocycles. The molecule has 0 spiro atoms. The number of ether oxygens (including phenoxy) is 2. The van der Waals surface area contributed by atoms with E-state index >= 15 is 0 Å². The second kappa shape index (κ2) is 10.7. The highest BCUT2D eigenvalue weighted by molar-refractivity contribution is 6.39. The van der Waals surface area contributed by atoms with Gasteiger partial charge in [-0.15, -0.1) is 0 Å². The van der Waals surface area contributed by atoms with Crippen LogP contribution in [-0.2, 0) is 14.4 Å². The number of hydrogen-bond donors (Lipinski definition) is 1. The van der Waals surface area contributed by atoms with Gasteiger partial charge in [-0.05, 0) is 48.0 Å². The molecule has 8 nitrogen and oxygen atoms in total. The number of anilines is 1. The molecule has 0 aliphatic carbocycles. The molecule has 1 aliphatic heterocycles. The van der Waals surface area contributed by atoms with E-state index in [0.29, 0.717) is 16.3 Å². The summed E-state index contributed by atoms with van der Waals surface area (Å²) in [5, 5.41) is 2.73. The number of esters is 1. The van der Waals surface area contributed by atoms with Gasteiger partial charge < -0.3 is 9.47 Å². The first-order chi connectivity index (χ1) is 17.4. The molecule has 3 aromatic rings.